The molecule has 0 aliphatic rings. The molecule has 0 aromatic heterocycles. The minimum atomic E-state index is 1.07. The van der Waals surface area contributed by atoms with Gasteiger partial charge in [0.15, 0.2) is 0 Å². The van der Waals surface area contributed by atoms with Gasteiger partial charge in [-0.15, -0.1) is 0 Å². The molecule has 0 aliphatic heterocycles. The number of hydrogen-bond acceptors (Lipinski definition) is 0. The van der Waals surface area contributed by atoms with Gasteiger partial charge < -0.3 is 0 Å². The van der Waals surface area contributed by atoms with E-state index in [9.17, 15) is 0 Å². The molecule has 0 nitrogen and oxygen atoms in total. The van der Waals surface area contributed by atoms with Gasteiger partial charge in [0, 0.05) is 0 Å². The molecule has 0 radical (unpaired) electrons. The van der Waals surface area contributed by atoms with Gasteiger partial charge in [0.05, 0.1) is 0 Å². The third-order valence-electron chi connectivity index (χ3n) is 1.67. The monoisotopic (exact) mass is 174 g/mol. The molecule has 0 saturated heterocycles. The highest BCUT2D eigenvalue weighted by atomic mass is 14.0. The van der Waals surface area contributed by atoms with E-state index in [0.29, 0.717) is 0 Å². The Hall–Kier alpha value is -1.30. The van der Waals surface area contributed by atoms with Crippen molar-refractivity contribution in [3.05, 3.63) is 60.3 Å². The fourth-order valence-electron chi connectivity index (χ4n) is 0.818. The van der Waals surface area contributed by atoms with Crippen LogP contribution in [0.4, 0.5) is 0 Å². The summed E-state index contributed by atoms with van der Waals surface area (Å²) < 4.78 is 0. The molecule has 0 unspecified atom stereocenters. The highest BCUT2D eigenvalue weighted by Crippen LogP contribution is 2.11. The lowest BCUT2D eigenvalue weighted by atomic mass is 10.1. The van der Waals surface area contributed by atoms with Crippen molar-refractivity contribution < 1.29 is 0 Å². The predicted molar refractivity (Wildman–Crippen MR) is 61.7 cm³/mol. The van der Waals surface area contributed by atoms with Crippen molar-refractivity contribution in [2.75, 3.05) is 0 Å². The lowest BCUT2D eigenvalue weighted by Gasteiger charge is -2.00. The van der Waals surface area contributed by atoms with Crippen LogP contribution in [-0.2, 0) is 0 Å². The van der Waals surface area contributed by atoms with Crippen LogP contribution in [-0.4, -0.2) is 0 Å². The third kappa shape index (κ3) is 5.02. The highest BCUT2D eigenvalue weighted by molar-refractivity contribution is 5.42. The summed E-state index contributed by atoms with van der Waals surface area (Å²) in [5, 5.41) is 0. The van der Waals surface area contributed by atoms with Crippen LogP contribution in [0.2, 0.25) is 0 Å². The predicted octanol–water partition coefficient (Wildman–Crippen LogP) is 4.20. The van der Waals surface area contributed by atoms with E-state index in [-0.39, 0.29) is 0 Å². The lowest BCUT2D eigenvalue weighted by molar-refractivity contribution is 1.41. The molecule has 0 bridgehead atoms. The zero-order valence-electron chi connectivity index (χ0n) is 8.80. The second-order valence-corrected chi connectivity index (χ2v) is 3.02. The van der Waals surface area contributed by atoms with Gasteiger partial charge in [-0.3, -0.25) is 0 Å². The van der Waals surface area contributed by atoms with Crippen LogP contribution < -0.4 is 0 Å². The molecule has 0 spiro atoms. The van der Waals surface area contributed by atoms with Gasteiger partial charge in [0.1, 0.15) is 0 Å². The van der Waals surface area contributed by atoms with Crippen molar-refractivity contribution in [1.82, 2.24) is 0 Å². The number of hydrogen-bond donors (Lipinski definition) is 0. The Bertz CT molecular complexity index is 272. The molecule has 0 heterocycles. The van der Waals surface area contributed by atoms with Crippen LogP contribution in [0.25, 0.3) is 0 Å². The first-order valence-electron chi connectivity index (χ1n) is 4.41. The van der Waals surface area contributed by atoms with E-state index in [1.165, 1.54) is 0 Å². The maximum absolute atomic E-state index is 3.91. The minimum Gasteiger partial charge on any atom is -0.0988 e. The maximum Gasteiger partial charge on any atom is -0.0231 e. The molecule has 0 aliphatic carbocycles. The van der Waals surface area contributed by atoms with Crippen LogP contribution in [0.3, 0.4) is 0 Å². The van der Waals surface area contributed by atoms with Crippen molar-refractivity contribution in [1.29, 1.82) is 0 Å². The smallest absolute Gasteiger partial charge is 0.0231 e. The molecule has 0 atom stereocenters. The van der Waals surface area contributed by atoms with Crippen LogP contribution in [0.15, 0.2) is 60.3 Å². The highest BCUT2D eigenvalue weighted by Gasteiger charge is 1.91. The van der Waals surface area contributed by atoms with E-state index in [0.717, 1.165) is 16.7 Å². The van der Waals surface area contributed by atoms with Crippen LogP contribution in [0.1, 0.15) is 20.8 Å². The summed E-state index contributed by atoms with van der Waals surface area (Å²) in [6, 6.07) is 0. The molecule has 0 aromatic carbocycles. The average molecular weight is 174 g/mol. The first-order valence-corrected chi connectivity index (χ1v) is 4.41. The summed E-state index contributed by atoms with van der Waals surface area (Å²) >= 11 is 0. The normalized spacial score (nSPS) is 13.5. The largest absolute Gasteiger partial charge is 0.0988 e. The first-order chi connectivity index (χ1) is 6.11. The summed E-state index contributed by atoms with van der Waals surface area (Å²) in [5.41, 5.74) is 3.37. The Balaban J connectivity index is 4.83. The second kappa shape index (κ2) is 6.24. The second-order valence-electron chi connectivity index (χ2n) is 3.02. The van der Waals surface area contributed by atoms with Crippen LogP contribution in [0, 0.1) is 0 Å². The van der Waals surface area contributed by atoms with E-state index in [1.807, 2.05) is 39.0 Å². The van der Waals surface area contributed by atoms with Gasteiger partial charge in [-0.05, 0) is 26.3 Å². The Morgan fingerprint density at radius 2 is 1.85 bits per heavy atom. The first kappa shape index (κ1) is 11.7. The average Bonchev–Trinajstić information content (AvgIpc) is 2.11. The van der Waals surface area contributed by atoms with Crippen molar-refractivity contribution in [2.45, 2.75) is 20.8 Å². The maximum atomic E-state index is 3.91. The van der Waals surface area contributed by atoms with Gasteiger partial charge in [-0.1, -0.05) is 54.7 Å². The fraction of sp³-hybridized carbons (Fsp3) is 0.231. The summed E-state index contributed by atoms with van der Waals surface area (Å²) in [6.07, 6.45) is 9.98. The summed E-state index contributed by atoms with van der Waals surface area (Å²) in [5.74, 6) is 0. The fourth-order valence-corrected chi connectivity index (χ4v) is 0.818. The summed E-state index contributed by atoms with van der Waals surface area (Å²) in [4.78, 5) is 0. The van der Waals surface area contributed by atoms with Crippen molar-refractivity contribution in [3.63, 3.8) is 0 Å². The quantitative estimate of drug-likeness (QED) is 0.560. The molecule has 0 heteroatoms. The Labute approximate surface area is 81.7 Å². The topological polar surface area (TPSA) is 0 Å². The Morgan fingerprint density at radius 3 is 2.23 bits per heavy atom. The summed E-state index contributed by atoms with van der Waals surface area (Å²) in [6.45, 7) is 13.7. The molecule has 0 rings (SSSR count). The van der Waals surface area contributed by atoms with E-state index < -0.39 is 0 Å². The van der Waals surface area contributed by atoms with Gasteiger partial charge in [-0.2, -0.15) is 0 Å². The lowest BCUT2D eigenvalue weighted by Crippen LogP contribution is -1.80. The van der Waals surface area contributed by atoms with Crippen LogP contribution in [0.5, 0.6) is 0 Å². The van der Waals surface area contributed by atoms with Gasteiger partial charge in [0.25, 0.3) is 0 Å². The molecule has 13 heavy (non-hydrogen) atoms. The zero-order valence-corrected chi connectivity index (χ0v) is 8.80. The van der Waals surface area contributed by atoms with Crippen LogP contribution >= 0.6 is 0 Å². The number of allylic oxidation sites excluding steroid dienone is 8. The van der Waals surface area contributed by atoms with Gasteiger partial charge >= 0.3 is 0 Å². The standard InChI is InChI=1S/C13H18/c1-6-8-9-13(11(3)4)10-12(5)7-2/h6-10H,2-3H2,1,4-5H3/b8-6-,12-10-,13-9-. The molecule has 0 N–H and O–H groups in total. The SMILES string of the molecule is C=C\C(C)=C/C(=C/C=C\C)C(=C)C. The Morgan fingerprint density at radius 1 is 1.23 bits per heavy atom. The van der Waals surface area contributed by atoms with E-state index in [4.69, 9.17) is 0 Å². The van der Waals surface area contributed by atoms with Gasteiger partial charge in [0.2, 0.25) is 0 Å². The molecule has 0 saturated carbocycles. The van der Waals surface area contributed by atoms with E-state index in [2.05, 4.69) is 25.3 Å². The molecule has 70 valence electrons. The molecular weight excluding hydrogens is 156 g/mol. The van der Waals surface area contributed by atoms with Crippen molar-refractivity contribution in [3.8, 4) is 0 Å². The molecule has 0 fully saturated rings. The minimum absolute atomic E-state index is 1.07. The summed E-state index contributed by atoms with van der Waals surface area (Å²) in [7, 11) is 0. The molecule has 0 aromatic rings. The Kier molecular flexibility index (Phi) is 5.62. The third-order valence-corrected chi connectivity index (χ3v) is 1.67. The van der Waals surface area contributed by atoms with E-state index >= 15 is 0 Å². The van der Waals surface area contributed by atoms with Gasteiger partial charge in [-0.25, -0.2) is 0 Å². The van der Waals surface area contributed by atoms with Crippen molar-refractivity contribution >= 4 is 0 Å². The number of rotatable bonds is 4. The molecule has 0 amide bonds. The zero-order chi connectivity index (χ0) is 10.3. The molecular formula is C13H18. The van der Waals surface area contributed by atoms with Crippen molar-refractivity contribution in [2.24, 2.45) is 0 Å². The van der Waals surface area contributed by atoms with E-state index in [1.54, 1.807) is 0 Å².